The van der Waals surface area contributed by atoms with Crippen LogP contribution in [0.15, 0.2) is 0 Å². The average molecular weight is 233 g/mol. The minimum atomic E-state index is 0.0529. The molecule has 0 aromatic carbocycles. The van der Waals surface area contributed by atoms with E-state index in [1.165, 1.54) is 0 Å². The molecular weight excluding hydrogens is 210 g/mol. The molecule has 0 aliphatic heterocycles. The number of nitrogens with one attached hydrogen (secondary N) is 1. The van der Waals surface area contributed by atoms with Gasteiger partial charge in [0.25, 0.3) is 0 Å². The van der Waals surface area contributed by atoms with Crippen molar-refractivity contribution in [2.75, 3.05) is 6.73 Å². The van der Waals surface area contributed by atoms with Crippen molar-refractivity contribution >= 4 is 18.5 Å². The Balaban J connectivity index is 3.55. The van der Waals surface area contributed by atoms with Gasteiger partial charge in [0.2, 0.25) is 5.91 Å². The Hall–Kier alpha value is -0.220. The van der Waals surface area contributed by atoms with Crippen LogP contribution in [0.25, 0.3) is 0 Å². The zero-order valence-electron chi connectivity index (χ0n) is 10.1. The van der Waals surface area contributed by atoms with E-state index in [2.05, 4.69) is 24.9 Å². The second-order valence-corrected chi connectivity index (χ2v) is 5.24. The monoisotopic (exact) mass is 233 g/mol. The zero-order chi connectivity index (χ0) is 11.8. The van der Waals surface area contributed by atoms with Crippen molar-refractivity contribution in [1.29, 1.82) is 0 Å². The van der Waals surface area contributed by atoms with Gasteiger partial charge in [0.1, 0.15) is 6.73 Å². The molecule has 0 radical (unpaired) electrons. The predicted octanol–water partition coefficient (Wildman–Crippen LogP) is 2.22. The lowest BCUT2D eigenvalue weighted by molar-refractivity contribution is -0.124. The lowest BCUT2D eigenvalue weighted by atomic mass is 10.0. The van der Waals surface area contributed by atoms with Crippen LogP contribution in [-0.2, 0) is 9.53 Å². The quantitative estimate of drug-likeness (QED) is 0.523. The number of amides is 1. The molecule has 90 valence electrons. The number of hydrogen-bond donors (Lipinski definition) is 2. The Morgan fingerprint density at radius 3 is 2.40 bits per heavy atom. The maximum atomic E-state index is 11.4. The smallest absolute Gasteiger partial charge is 0.222 e. The summed E-state index contributed by atoms with van der Waals surface area (Å²) < 4.78 is 5.23. The van der Waals surface area contributed by atoms with E-state index in [9.17, 15) is 4.79 Å². The van der Waals surface area contributed by atoms with Gasteiger partial charge in [-0.05, 0) is 31.4 Å². The molecule has 3 nitrogen and oxygen atoms in total. The maximum absolute atomic E-state index is 11.4. The molecule has 0 aromatic heterocycles. The summed E-state index contributed by atoms with van der Waals surface area (Å²) in [4.78, 5) is 11.4. The van der Waals surface area contributed by atoms with E-state index in [4.69, 9.17) is 4.74 Å². The van der Waals surface area contributed by atoms with E-state index in [0.29, 0.717) is 24.3 Å². The van der Waals surface area contributed by atoms with Crippen LogP contribution in [0.3, 0.4) is 0 Å². The van der Waals surface area contributed by atoms with Gasteiger partial charge >= 0.3 is 0 Å². The molecule has 2 unspecified atom stereocenters. The Morgan fingerprint density at radius 1 is 1.33 bits per heavy atom. The standard InChI is InChI=1S/C11H23NO2S/c1-8(2)14-7-12-11(13)6-9(3)5-10(4)15/h8-10,15H,5-7H2,1-4H3,(H,12,13). The molecule has 0 rings (SSSR count). The van der Waals surface area contributed by atoms with Gasteiger partial charge in [0.15, 0.2) is 0 Å². The van der Waals surface area contributed by atoms with Crippen LogP contribution in [0.5, 0.6) is 0 Å². The largest absolute Gasteiger partial charge is 0.359 e. The van der Waals surface area contributed by atoms with Crippen LogP contribution >= 0.6 is 12.6 Å². The number of carbonyl (C=O) groups is 1. The van der Waals surface area contributed by atoms with E-state index < -0.39 is 0 Å². The molecular formula is C11H23NO2S. The van der Waals surface area contributed by atoms with Crippen molar-refractivity contribution in [2.24, 2.45) is 5.92 Å². The van der Waals surface area contributed by atoms with Gasteiger partial charge in [-0.2, -0.15) is 12.6 Å². The minimum Gasteiger partial charge on any atom is -0.359 e. The average Bonchev–Trinajstić information content (AvgIpc) is 2.00. The van der Waals surface area contributed by atoms with Gasteiger partial charge in [0.05, 0.1) is 6.10 Å². The molecule has 0 aliphatic rings. The molecule has 2 atom stereocenters. The third kappa shape index (κ3) is 10.1. The molecule has 0 saturated carbocycles. The first-order valence-corrected chi connectivity index (χ1v) is 5.99. The molecule has 0 heterocycles. The van der Waals surface area contributed by atoms with Crippen molar-refractivity contribution in [3.05, 3.63) is 0 Å². The lowest BCUT2D eigenvalue weighted by Gasteiger charge is -2.14. The Bertz CT molecular complexity index is 183. The van der Waals surface area contributed by atoms with Gasteiger partial charge in [0, 0.05) is 6.42 Å². The second-order valence-electron chi connectivity index (χ2n) is 4.35. The fraction of sp³-hybridized carbons (Fsp3) is 0.909. The summed E-state index contributed by atoms with van der Waals surface area (Å²) in [6.45, 7) is 8.30. The first-order valence-electron chi connectivity index (χ1n) is 5.48. The molecule has 0 spiro atoms. The third-order valence-electron chi connectivity index (χ3n) is 1.96. The summed E-state index contributed by atoms with van der Waals surface area (Å²) >= 11 is 4.30. The molecule has 15 heavy (non-hydrogen) atoms. The van der Waals surface area contributed by atoms with Gasteiger partial charge < -0.3 is 10.1 Å². The molecule has 0 fully saturated rings. The van der Waals surface area contributed by atoms with Crippen LogP contribution < -0.4 is 5.32 Å². The molecule has 0 saturated heterocycles. The Morgan fingerprint density at radius 2 is 1.93 bits per heavy atom. The second kappa shape index (κ2) is 7.99. The van der Waals surface area contributed by atoms with Gasteiger partial charge in [-0.3, -0.25) is 4.79 Å². The van der Waals surface area contributed by atoms with Crippen LogP contribution in [-0.4, -0.2) is 24.0 Å². The summed E-state index contributed by atoms with van der Waals surface area (Å²) in [6.07, 6.45) is 1.66. The summed E-state index contributed by atoms with van der Waals surface area (Å²) in [7, 11) is 0. The maximum Gasteiger partial charge on any atom is 0.222 e. The summed E-state index contributed by atoms with van der Waals surface area (Å²) in [5, 5.41) is 3.08. The zero-order valence-corrected chi connectivity index (χ0v) is 11.0. The van der Waals surface area contributed by atoms with Crippen molar-refractivity contribution in [3.63, 3.8) is 0 Å². The summed E-state index contributed by atoms with van der Waals surface area (Å²) in [5.41, 5.74) is 0. The van der Waals surface area contributed by atoms with Crippen LogP contribution in [0.4, 0.5) is 0 Å². The van der Waals surface area contributed by atoms with Crippen LogP contribution in [0.2, 0.25) is 0 Å². The van der Waals surface area contributed by atoms with Crippen molar-refractivity contribution in [1.82, 2.24) is 5.32 Å². The summed E-state index contributed by atoms with van der Waals surface area (Å²) in [6, 6.07) is 0. The molecule has 4 heteroatoms. The Labute approximate surface area is 98.4 Å². The number of ether oxygens (including phenoxy) is 1. The van der Waals surface area contributed by atoms with Crippen molar-refractivity contribution in [2.45, 2.75) is 51.9 Å². The van der Waals surface area contributed by atoms with Gasteiger partial charge in [-0.1, -0.05) is 13.8 Å². The first-order chi connectivity index (χ1) is 6.91. The van der Waals surface area contributed by atoms with E-state index in [1.807, 2.05) is 20.8 Å². The van der Waals surface area contributed by atoms with Crippen molar-refractivity contribution in [3.8, 4) is 0 Å². The molecule has 0 aromatic rings. The molecule has 1 amide bonds. The lowest BCUT2D eigenvalue weighted by Crippen LogP contribution is -2.29. The summed E-state index contributed by atoms with van der Waals surface area (Å²) in [5.74, 6) is 0.425. The topological polar surface area (TPSA) is 38.3 Å². The molecule has 0 aliphatic carbocycles. The van der Waals surface area contributed by atoms with Gasteiger partial charge in [-0.25, -0.2) is 0 Å². The fourth-order valence-corrected chi connectivity index (χ4v) is 1.70. The number of thiol groups is 1. The van der Waals surface area contributed by atoms with E-state index >= 15 is 0 Å². The molecule has 1 N–H and O–H groups in total. The van der Waals surface area contributed by atoms with Gasteiger partial charge in [-0.15, -0.1) is 0 Å². The van der Waals surface area contributed by atoms with E-state index in [1.54, 1.807) is 0 Å². The number of carbonyl (C=O) groups excluding carboxylic acids is 1. The van der Waals surface area contributed by atoms with Crippen LogP contribution in [0.1, 0.15) is 40.5 Å². The highest BCUT2D eigenvalue weighted by molar-refractivity contribution is 7.80. The minimum absolute atomic E-state index is 0.0529. The SMILES string of the molecule is CC(S)CC(C)CC(=O)NCOC(C)C. The highest BCUT2D eigenvalue weighted by atomic mass is 32.1. The number of hydrogen-bond acceptors (Lipinski definition) is 3. The first kappa shape index (κ1) is 14.8. The third-order valence-corrected chi connectivity index (χ3v) is 2.17. The number of rotatable bonds is 7. The van der Waals surface area contributed by atoms with Crippen LogP contribution in [0, 0.1) is 5.92 Å². The normalized spacial score (nSPS) is 15.1. The molecule has 0 bridgehead atoms. The fourth-order valence-electron chi connectivity index (χ4n) is 1.34. The highest BCUT2D eigenvalue weighted by Crippen LogP contribution is 2.13. The predicted molar refractivity (Wildman–Crippen MR) is 66.1 cm³/mol. The van der Waals surface area contributed by atoms with E-state index in [0.717, 1.165) is 6.42 Å². The Kier molecular flexibility index (Phi) is 7.88. The highest BCUT2D eigenvalue weighted by Gasteiger charge is 2.10. The van der Waals surface area contributed by atoms with Crippen molar-refractivity contribution < 1.29 is 9.53 Å². The van der Waals surface area contributed by atoms with E-state index in [-0.39, 0.29) is 12.0 Å².